The standard InChI is InChI=1S/C21H21BrF3N3O2/c22-17-6-4-15(5-7-17)20(30)26-9-8-19(29)28-12-10-27(11-13-28)18-3-1-2-16(14-18)21(23,24)25/h1-7,14H,8-13H2,(H,26,30). The van der Waals surface area contributed by atoms with Crippen molar-refractivity contribution in [3.05, 3.63) is 64.1 Å². The van der Waals surface area contributed by atoms with Crippen LogP contribution < -0.4 is 10.2 Å². The fourth-order valence-corrected chi connectivity index (χ4v) is 3.50. The van der Waals surface area contributed by atoms with Gasteiger partial charge in [0.25, 0.3) is 5.91 Å². The normalized spacial score (nSPS) is 14.5. The quantitative estimate of drug-likeness (QED) is 0.700. The van der Waals surface area contributed by atoms with E-state index in [4.69, 9.17) is 0 Å². The van der Waals surface area contributed by atoms with E-state index in [1.807, 2.05) is 4.90 Å². The van der Waals surface area contributed by atoms with Gasteiger partial charge >= 0.3 is 6.18 Å². The van der Waals surface area contributed by atoms with Crippen molar-refractivity contribution in [3.63, 3.8) is 0 Å². The Labute approximate surface area is 181 Å². The number of alkyl halides is 3. The van der Waals surface area contributed by atoms with Crippen molar-refractivity contribution in [1.29, 1.82) is 0 Å². The summed E-state index contributed by atoms with van der Waals surface area (Å²) in [5.74, 6) is -0.334. The molecule has 1 aliphatic rings. The van der Waals surface area contributed by atoms with Gasteiger partial charge in [-0.3, -0.25) is 9.59 Å². The molecule has 2 amide bonds. The minimum atomic E-state index is -4.38. The highest BCUT2D eigenvalue weighted by Gasteiger charge is 2.31. The number of halogens is 4. The average Bonchev–Trinajstić information content (AvgIpc) is 2.73. The molecule has 0 bridgehead atoms. The first kappa shape index (κ1) is 22.1. The van der Waals surface area contributed by atoms with Crippen LogP contribution in [0.15, 0.2) is 53.0 Å². The lowest BCUT2D eigenvalue weighted by Crippen LogP contribution is -2.49. The van der Waals surface area contributed by atoms with Crippen LogP contribution in [0.2, 0.25) is 0 Å². The zero-order valence-corrected chi connectivity index (χ0v) is 17.7. The monoisotopic (exact) mass is 483 g/mol. The second-order valence-electron chi connectivity index (χ2n) is 6.93. The maximum atomic E-state index is 12.9. The van der Waals surface area contributed by atoms with Gasteiger partial charge in [0.1, 0.15) is 0 Å². The molecule has 9 heteroatoms. The minimum Gasteiger partial charge on any atom is -0.368 e. The molecule has 1 N–H and O–H groups in total. The Morgan fingerprint density at radius 1 is 1.00 bits per heavy atom. The third kappa shape index (κ3) is 5.75. The van der Waals surface area contributed by atoms with E-state index in [2.05, 4.69) is 21.2 Å². The number of carbonyl (C=O) groups is 2. The number of hydrogen-bond acceptors (Lipinski definition) is 3. The smallest absolute Gasteiger partial charge is 0.368 e. The highest BCUT2D eigenvalue weighted by molar-refractivity contribution is 9.10. The summed E-state index contributed by atoms with van der Waals surface area (Å²) in [5, 5.41) is 2.72. The number of nitrogens with one attached hydrogen (secondary N) is 1. The number of hydrogen-bond donors (Lipinski definition) is 1. The molecule has 0 radical (unpaired) electrons. The fourth-order valence-electron chi connectivity index (χ4n) is 3.24. The van der Waals surface area contributed by atoms with Crippen LogP contribution in [0.25, 0.3) is 0 Å². The number of carbonyl (C=O) groups excluding carboxylic acids is 2. The van der Waals surface area contributed by atoms with Gasteiger partial charge in [0, 0.05) is 54.9 Å². The van der Waals surface area contributed by atoms with Crippen LogP contribution in [0.5, 0.6) is 0 Å². The number of piperazine rings is 1. The van der Waals surface area contributed by atoms with Gasteiger partial charge in [0.05, 0.1) is 5.56 Å². The summed E-state index contributed by atoms with van der Waals surface area (Å²) >= 11 is 3.31. The zero-order chi connectivity index (χ0) is 21.7. The summed E-state index contributed by atoms with van der Waals surface area (Å²) in [5.41, 5.74) is 0.332. The van der Waals surface area contributed by atoms with E-state index >= 15 is 0 Å². The van der Waals surface area contributed by atoms with Crippen molar-refractivity contribution in [2.75, 3.05) is 37.6 Å². The summed E-state index contributed by atoms with van der Waals surface area (Å²) in [4.78, 5) is 28.0. The molecule has 1 saturated heterocycles. The number of anilines is 1. The molecular formula is C21H21BrF3N3O2. The van der Waals surface area contributed by atoms with Crippen molar-refractivity contribution in [3.8, 4) is 0 Å². The van der Waals surface area contributed by atoms with Gasteiger partial charge in [0.15, 0.2) is 0 Å². The van der Waals surface area contributed by atoms with E-state index in [1.165, 1.54) is 6.07 Å². The third-order valence-corrected chi connectivity index (χ3v) is 5.43. The maximum absolute atomic E-state index is 12.9. The summed E-state index contributed by atoms with van der Waals surface area (Å²) in [6, 6.07) is 12.1. The predicted molar refractivity (Wildman–Crippen MR) is 111 cm³/mol. The Bertz CT molecular complexity index is 895. The van der Waals surface area contributed by atoms with Crippen LogP contribution in [0, 0.1) is 0 Å². The van der Waals surface area contributed by atoms with E-state index in [-0.39, 0.29) is 24.8 Å². The van der Waals surface area contributed by atoms with Crippen LogP contribution >= 0.6 is 15.9 Å². The Kier molecular flexibility index (Phi) is 7.02. The molecular weight excluding hydrogens is 463 g/mol. The molecule has 1 aliphatic heterocycles. The van der Waals surface area contributed by atoms with E-state index in [0.29, 0.717) is 37.4 Å². The van der Waals surface area contributed by atoms with Gasteiger partial charge in [0.2, 0.25) is 5.91 Å². The molecule has 0 spiro atoms. The lowest BCUT2D eigenvalue weighted by Gasteiger charge is -2.36. The van der Waals surface area contributed by atoms with Crippen molar-refractivity contribution in [2.24, 2.45) is 0 Å². The number of nitrogens with zero attached hydrogens (tertiary/aromatic N) is 2. The van der Waals surface area contributed by atoms with Gasteiger partial charge in [-0.2, -0.15) is 13.2 Å². The minimum absolute atomic E-state index is 0.0881. The SMILES string of the molecule is O=C(NCCC(=O)N1CCN(c2cccc(C(F)(F)F)c2)CC1)c1ccc(Br)cc1. The number of amides is 2. The molecule has 30 heavy (non-hydrogen) atoms. The van der Waals surface area contributed by atoms with Crippen molar-refractivity contribution < 1.29 is 22.8 Å². The second kappa shape index (κ2) is 9.51. The highest BCUT2D eigenvalue weighted by atomic mass is 79.9. The average molecular weight is 484 g/mol. The van der Waals surface area contributed by atoms with Crippen LogP contribution in [-0.2, 0) is 11.0 Å². The van der Waals surface area contributed by atoms with Crippen molar-refractivity contribution >= 4 is 33.4 Å². The molecule has 1 fully saturated rings. The molecule has 1 heterocycles. The van der Waals surface area contributed by atoms with Gasteiger partial charge in [-0.15, -0.1) is 0 Å². The van der Waals surface area contributed by atoms with Crippen LogP contribution in [-0.4, -0.2) is 49.4 Å². The first-order valence-corrected chi connectivity index (χ1v) is 10.3. The molecule has 2 aromatic rings. The molecule has 0 unspecified atom stereocenters. The molecule has 0 aliphatic carbocycles. The lowest BCUT2D eigenvalue weighted by atomic mass is 10.1. The number of rotatable bonds is 5. The van der Waals surface area contributed by atoms with E-state index in [9.17, 15) is 22.8 Å². The molecule has 3 rings (SSSR count). The Morgan fingerprint density at radius 3 is 2.30 bits per heavy atom. The predicted octanol–water partition coefficient (Wildman–Crippen LogP) is 3.94. The zero-order valence-electron chi connectivity index (χ0n) is 16.1. The molecule has 0 aromatic heterocycles. The van der Waals surface area contributed by atoms with E-state index in [1.54, 1.807) is 35.2 Å². The largest absolute Gasteiger partial charge is 0.416 e. The van der Waals surface area contributed by atoms with Gasteiger partial charge in [-0.05, 0) is 42.5 Å². The van der Waals surface area contributed by atoms with Gasteiger partial charge in [-0.1, -0.05) is 22.0 Å². The summed E-state index contributed by atoms with van der Waals surface area (Å²) < 4.78 is 39.6. The number of benzene rings is 2. The lowest BCUT2D eigenvalue weighted by molar-refractivity contribution is -0.137. The summed E-state index contributed by atoms with van der Waals surface area (Å²) in [7, 11) is 0. The second-order valence-corrected chi connectivity index (χ2v) is 7.84. The highest BCUT2D eigenvalue weighted by Crippen LogP contribution is 2.31. The van der Waals surface area contributed by atoms with Crippen LogP contribution in [0.1, 0.15) is 22.3 Å². The molecule has 160 valence electrons. The Morgan fingerprint density at radius 2 is 1.67 bits per heavy atom. The molecule has 2 aromatic carbocycles. The summed E-state index contributed by atoms with van der Waals surface area (Å²) in [6.07, 6.45) is -4.21. The first-order chi connectivity index (χ1) is 14.2. The molecule has 5 nitrogen and oxygen atoms in total. The van der Waals surface area contributed by atoms with Crippen LogP contribution in [0.4, 0.5) is 18.9 Å². The van der Waals surface area contributed by atoms with E-state index in [0.717, 1.165) is 16.6 Å². The topological polar surface area (TPSA) is 52.7 Å². The van der Waals surface area contributed by atoms with Crippen molar-refractivity contribution in [2.45, 2.75) is 12.6 Å². The van der Waals surface area contributed by atoms with Crippen LogP contribution in [0.3, 0.4) is 0 Å². The Balaban J connectivity index is 1.45. The fraction of sp³-hybridized carbons (Fsp3) is 0.333. The first-order valence-electron chi connectivity index (χ1n) is 9.48. The third-order valence-electron chi connectivity index (χ3n) is 4.90. The Hall–Kier alpha value is -2.55. The van der Waals surface area contributed by atoms with Gasteiger partial charge in [-0.25, -0.2) is 0 Å². The molecule has 0 saturated carbocycles. The molecule has 0 atom stereocenters. The summed E-state index contributed by atoms with van der Waals surface area (Å²) in [6.45, 7) is 1.99. The van der Waals surface area contributed by atoms with E-state index < -0.39 is 11.7 Å². The maximum Gasteiger partial charge on any atom is 0.416 e. The van der Waals surface area contributed by atoms with Crippen molar-refractivity contribution in [1.82, 2.24) is 10.2 Å². The van der Waals surface area contributed by atoms with Gasteiger partial charge < -0.3 is 15.1 Å².